The summed E-state index contributed by atoms with van der Waals surface area (Å²) in [5, 5.41) is 2.90. The Kier molecular flexibility index (Phi) is 4.15. The van der Waals surface area contributed by atoms with Gasteiger partial charge in [0.1, 0.15) is 0 Å². The molecule has 0 radical (unpaired) electrons. The first kappa shape index (κ1) is 12.8. The van der Waals surface area contributed by atoms with Crippen LogP contribution >= 0.6 is 0 Å². The molecular weight excluding hydrogens is 228 g/mol. The van der Waals surface area contributed by atoms with E-state index < -0.39 is 0 Å². The molecule has 0 aromatic carbocycles. The summed E-state index contributed by atoms with van der Waals surface area (Å²) in [4.78, 5) is 18.3. The van der Waals surface area contributed by atoms with Crippen molar-refractivity contribution in [3.63, 3.8) is 0 Å². The lowest BCUT2D eigenvalue weighted by atomic mass is 10.2. The number of anilines is 2. The van der Waals surface area contributed by atoms with Gasteiger partial charge in [0.05, 0.1) is 5.69 Å². The maximum Gasteiger partial charge on any atom is 0.226 e. The van der Waals surface area contributed by atoms with Crippen LogP contribution in [-0.2, 0) is 4.79 Å². The van der Waals surface area contributed by atoms with E-state index >= 15 is 0 Å². The quantitative estimate of drug-likeness (QED) is 0.844. The molecular formula is C13H20N4O. The van der Waals surface area contributed by atoms with E-state index in [0.29, 0.717) is 6.42 Å². The van der Waals surface area contributed by atoms with Gasteiger partial charge in [-0.25, -0.2) is 4.98 Å². The van der Waals surface area contributed by atoms with E-state index in [4.69, 9.17) is 5.73 Å². The maximum absolute atomic E-state index is 11.8. The number of nitrogens with one attached hydrogen (secondary N) is 1. The number of rotatable bonds is 4. The lowest BCUT2D eigenvalue weighted by Crippen LogP contribution is -2.26. The average Bonchev–Trinajstić information content (AvgIpc) is 2.81. The molecule has 1 aliphatic rings. The van der Waals surface area contributed by atoms with Crippen LogP contribution < -0.4 is 16.0 Å². The minimum Gasteiger partial charge on any atom is -0.355 e. The molecule has 2 rings (SSSR count). The van der Waals surface area contributed by atoms with Gasteiger partial charge < -0.3 is 16.0 Å². The second-order valence-electron chi connectivity index (χ2n) is 4.80. The van der Waals surface area contributed by atoms with Crippen LogP contribution in [0.25, 0.3) is 0 Å². The predicted octanol–water partition coefficient (Wildman–Crippen LogP) is 1.36. The molecule has 1 fully saturated rings. The summed E-state index contributed by atoms with van der Waals surface area (Å²) in [6, 6.07) is 3.60. The van der Waals surface area contributed by atoms with Crippen molar-refractivity contribution < 1.29 is 4.79 Å². The molecule has 1 unspecified atom stereocenters. The molecule has 5 nitrogen and oxygen atoms in total. The van der Waals surface area contributed by atoms with E-state index in [1.807, 2.05) is 19.1 Å². The van der Waals surface area contributed by atoms with Crippen molar-refractivity contribution in [2.75, 3.05) is 23.3 Å². The van der Waals surface area contributed by atoms with Crippen LogP contribution in [0.3, 0.4) is 0 Å². The summed E-state index contributed by atoms with van der Waals surface area (Å²) >= 11 is 0. The fraction of sp³-hybridized carbons (Fsp3) is 0.538. The fourth-order valence-electron chi connectivity index (χ4n) is 2.17. The van der Waals surface area contributed by atoms with Crippen LogP contribution in [0, 0.1) is 0 Å². The molecule has 18 heavy (non-hydrogen) atoms. The second kappa shape index (κ2) is 5.82. The highest BCUT2D eigenvalue weighted by Gasteiger charge is 2.18. The Morgan fingerprint density at radius 1 is 1.56 bits per heavy atom. The maximum atomic E-state index is 11.8. The zero-order valence-corrected chi connectivity index (χ0v) is 10.7. The van der Waals surface area contributed by atoms with E-state index in [9.17, 15) is 4.79 Å². The Balaban J connectivity index is 2.09. The number of carbonyl (C=O) groups excluding carboxylic acids is 1. The molecule has 0 saturated carbocycles. The first-order chi connectivity index (χ1) is 8.66. The molecule has 2 heterocycles. The first-order valence-corrected chi connectivity index (χ1v) is 6.42. The zero-order chi connectivity index (χ0) is 13.0. The smallest absolute Gasteiger partial charge is 0.226 e. The van der Waals surface area contributed by atoms with Crippen LogP contribution in [-0.4, -0.2) is 30.0 Å². The van der Waals surface area contributed by atoms with Gasteiger partial charge in [0.2, 0.25) is 5.91 Å². The standard InChI is InChI=1S/C13H20N4O/c1-10(14)9-12(18)16-11-5-4-6-15-13(11)17-7-2-3-8-17/h4-6,10H,2-3,7-9,14H2,1H3,(H,16,18). The molecule has 98 valence electrons. The van der Waals surface area contributed by atoms with Gasteiger partial charge in [-0.15, -0.1) is 0 Å². The molecule has 0 aliphatic carbocycles. The molecule has 1 amide bonds. The minimum atomic E-state index is -0.128. The summed E-state index contributed by atoms with van der Waals surface area (Å²) in [6.07, 6.45) is 4.46. The van der Waals surface area contributed by atoms with Crippen molar-refractivity contribution >= 4 is 17.4 Å². The van der Waals surface area contributed by atoms with E-state index in [1.54, 1.807) is 6.20 Å². The van der Waals surface area contributed by atoms with Gasteiger partial charge >= 0.3 is 0 Å². The number of pyridine rings is 1. The van der Waals surface area contributed by atoms with Gasteiger partial charge in [-0.2, -0.15) is 0 Å². The Morgan fingerprint density at radius 2 is 2.28 bits per heavy atom. The molecule has 1 saturated heterocycles. The molecule has 1 aromatic rings. The Labute approximate surface area is 107 Å². The third-order valence-electron chi connectivity index (χ3n) is 2.97. The molecule has 1 aromatic heterocycles. The first-order valence-electron chi connectivity index (χ1n) is 6.42. The molecule has 1 atom stereocenters. The van der Waals surface area contributed by atoms with E-state index in [1.165, 1.54) is 12.8 Å². The molecule has 0 spiro atoms. The van der Waals surface area contributed by atoms with Crippen molar-refractivity contribution in [3.05, 3.63) is 18.3 Å². The Morgan fingerprint density at radius 3 is 2.94 bits per heavy atom. The normalized spacial score (nSPS) is 16.7. The predicted molar refractivity (Wildman–Crippen MR) is 72.6 cm³/mol. The van der Waals surface area contributed by atoms with Crippen LogP contribution in [0.2, 0.25) is 0 Å². The highest BCUT2D eigenvalue weighted by molar-refractivity contribution is 5.93. The monoisotopic (exact) mass is 248 g/mol. The number of amides is 1. The number of hydrogen-bond acceptors (Lipinski definition) is 4. The number of hydrogen-bond donors (Lipinski definition) is 2. The van der Waals surface area contributed by atoms with Crippen molar-refractivity contribution in [1.29, 1.82) is 0 Å². The van der Waals surface area contributed by atoms with Gasteiger partial charge in [0.15, 0.2) is 5.82 Å². The summed E-state index contributed by atoms with van der Waals surface area (Å²) in [7, 11) is 0. The van der Waals surface area contributed by atoms with Crippen LogP contribution in [0.15, 0.2) is 18.3 Å². The van der Waals surface area contributed by atoms with Crippen molar-refractivity contribution in [2.24, 2.45) is 5.73 Å². The highest BCUT2D eigenvalue weighted by atomic mass is 16.1. The van der Waals surface area contributed by atoms with E-state index in [2.05, 4.69) is 15.2 Å². The number of carbonyl (C=O) groups is 1. The molecule has 5 heteroatoms. The van der Waals surface area contributed by atoms with Gasteiger partial charge in [-0.3, -0.25) is 4.79 Å². The highest BCUT2D eigenvalue weighted by Crippen LogP contribution is 2.26. The number of nitrogens with zero attached hydrogens (tertiary/aromatic N) is 2. The zero-order valence-electron chi connectivity index (χ0n) is 10.7. The Bertz CT molecular complexity index is 413. The van der Waals surface area contributed by atoms with Gasteiger partial charge in [0.25, 0.3) is 0 Å². The van der Waals surface area contributed by atoms with E-state index in [-0.39, 0.29) is 11.9 Å². The van der Waals surface area contributed by atoms with Crippen molar-refractivity contribution in [3.8, 4) is 0 Å². The lowest BCUT2D eigenvalue weighted by molar-refractivity contribution is -0.116. The molecule has 1 aliphatic heterocycles. The average molecular weight is 248 g/mol. The topological polar surface area (TPSA) is 71.2 Å². The third-order valence-corrected chi connectivity index (χ3v) is 2.97. The fourth-order valence-corrected chi connectivity index (χ4v) is 2.17. The second-order valence-corrected chi connectivity index (χ2v) is 4.80. The van der Waals surface area contributed by atoms with Gasteiger partial charge in [-0.05, 0) is 31.9 Å². The lowest BCUT2D eigenvalue weighted by Gasteiger charge is -2.20. The van der Waals surface area contributed by atoms with Gasteiger partial charge in [-0.1, -0.05) is 0 Å². The number of nitrogens with two attached hydrogens (primary N) is 1. The SMILES string of the molecule is CC(N)CC(=O)Nc1cccnc1N1CCCC1. The van der Waals surface area contributed by atoms with Crippen LogP contribution in [0.1, 0.15) is 26.2 Å². The van der Waals surface area contributed by atoms with Crippen LogP contribution in [0.5, 0.6) is 0 Å². The third kappa shape index (κ3) is 3.20. The molecule has 0 bridgehead atoms. The minimum absolute atomic E-state index is 0.0570. The van der Waals surface area contributed by atoms with Gasteiger partial charge in [0, 0.05) is 31.7 Å². The summed E-state index contributed by atoms with van der Waals surface area (Å²) < 4.78 is 0. The van der Waals surface area contributed by atoms with Crippen LogP contribution in [0.4, 0.5) is 11.5 Å². The van der Waals surface area contributed by atoms with E-state index in [0.717, 1.165) is 24.6 Å². The van der Waals surface area contributed by atoms with Crippen molar-refractivity contribution in [1.82, 2.24) is 4.98 Å². The largest absolute Gasteiger partial charge is 0.355 e. The Hall–Kier alpha value is -1.62. The summed E-state index contributed by atoms with van der Waals surface area (Å²) in [6.45, 7) is 3.84. The summed E-state index contributed by atoms with van der Waals surface area (Å²) in [5.74, 6) is 0.812. The summed E-state index contributed by atoms with van der Waals surface area (Å²) in [5.41, 5.74) is 6.40. The number of aromatic nitrogens is 1. The molecule has 3 N–H and O–H groups in total. The van der Waals surface area contributed by atoms with Crippen molar-refractivity contribution in [2.45, 2.75) is 32.2 Å².